The number of piperidine rings is 1. The van der Waals surface area contributed by atoms with Crippen LogP contribution in [0, 0.1) is 5.92 Å². The minimum Gasteiger partial charge on any atom is -0.490 e. The molecule has 3 aromatic rings. The third-order valence-corrected chi connectivity index (χ3v) is 7.58. The molecule has 1 aliphatic rings. The van der Waals surface area contributed by atoms with Crippen molar-refractivity contribution in [1.29, 1.82) is 0 Å². The Labute approximate surface area is 240 Å². The number of rotatable bonds is 7. The Hall–Kier alpha value is -3.67. The molecule has 1 fully saturated rings. The van der Waals surface area contributed by atoms with E-state index in [1.165, 1.54) is 24.3 Å². The number of nitrogens with one attached hydrogen (secondary N) is 1. The molecular weight excluding hydrogens is 585 g/mol. The second-order valence-corrected chi connectivity index (χ2v) is 11.7. The number of anilines is 2. The Kier molecular flexibility index (Phi) is 10.4. The predicted molar refractivity (Wildman–Crippen MR) is 146 cm³/mol. The molecule has 0 spiro atoms. The van der Waals surface area contributed by atoms with Crippen LogP contribution in [-0.4, -0.2) is 43.7 Å². The second-order valence-electron chi connectivity index (χ2n) is 9.59. The summed E-state index contributed by atoms with van der Waals surface area (Å²) >= 11 is 6.09. The van der Waals surface area contributed by atoms with Crippen molar-refractivity contribution in [2.75, 3.05) is 22.7 Å². The maximum atomic E-state index is 13.9. The standard InChI is InChI=1S/C26H28ClF3N4O3S.CO2/c1-16(2)37-21-9-7-18(27)15-19(21)25-20(26(28,29)30)8-10-22(31-25)33-38(35,36)24-6-4-5-23(32-24)34-13-11-17(3)12-14-34;2-1-3/h4-10,15-17H,11-14H2,1-3H3,(H,31,33);. The molecule has 0 radical (unpaired) electrons. The smallest absolute Gasteiger partial charge is 0.418 e. The molecule has 0 saturated carbocycles. The fraction of sp³-hybridized carbons (Fsp3) is 0.370. The minimum atomic E-state index is -4.76. The largest absolute Gasteiger partial charge is 0.490 e. The number of aromatic nitrogens is 2. The van der Waals surface area contributed by atoms with Crippen LogP contribution < -0.4 is 14.4 Å². The first-order chi connectivity index (χ1) is 19.2. The van der Waals surface area contributed by atoms with Gasteiger partial charge in [0.15, 0.2) is 5.03 Å². The molecule has 4 rings (SSSR count). The van der Waals surface area contributed by atoms with Gasteiger partial charge in [-0.2, -0.15) is 31.2 Å². The highest BCUT2D eigenvalue weighted by atomic mass is 35.5. The van der Waals surface area contributed by atoms with Crippen LogP contribution in [0.4, 0.5) is 24.8 Å². The van der Waals surface area contributed by atoms with Gasteiger partial charge in [0.25, 0.3) is 10.0 Å². The molecule has 0 unspecified atom stereocenters. The van der Waals surface area contributed by atoms with E-state index in [1.54, 1.807) is 26.0 Å². The summed E-state index contributed by atoms with van der Waals surface area (Å²) in [7, 11) is -4.26. The molecule has 1 aromatic carbocycles. The van der Waals surface area contributed by atoms with E-state index in [-0.39, 0.29) is 39.4 Å². The molecule has 9 nitrogen and oxygen atoms in total. The zero-order chi connectivity index (χ0) is 30.4. The molecule has 0 bridgehead atoms. The summed E-state index contributed by atoms with van der Waals surface area (Å²) in [6, 6.07) is 10.6. The number of hydrogen-bond acceptors (Lipinski definition) is 8. The highest BCUT2D eigenvalue weighted by Gasteiger charge is 2.36. The number of ether oxygens (including phenoxy) is 1. The molecule has 41 heavy (non-hydrogen) atoms. The lowest BCUT2D eigenvalue weighted by atomic mass is 9.99. The quantitative estimate of drug-likeness (QED) is 0.342. The average molecular weight is 613 g/mol. The lowest BCUT2D eigenvalue weighted by Gasteiger charge is -2.31. The van der Waals surface area contributed by atoms with E-state index in [2.05, 4.69) is 21.6 Å². The first-order valence-corrected chi connectivity index (χ1v) is 14.4. The Morgan fingerprint density at radius 3 is 2.34 bits per heavy atom. The zero-order valence-corrected chi connectivity index (χ0v) is 24.0. The maximum Gasteiger partial charge on any atom is 0.418 e. The van der Waals surface area contributed by atoms with Crippen molar-refractivity contribution >= 4 is 39.4 Å². The SMILES string of the molecule is CC1CCN(c2cccc(S(=O)(=O)Nc3ccc(C(F)(F)F)c(-c4cc(Cl)ccc4OC(C)C)n3)n2)CC1.O=C=O. The minimum absolute atomic E-state index is 0.0148. The Morgan fingerprint density at radius 1 is 1.07 bits per heavy atom. The molecule has 1 N–H and O–H groups in total. The van der Waals surface area contributed by atoms with Crippen LogP contribution in [-0.2, 0) is 25.8 Å². The van der Waals surface area contributed by atoms with Crippen molar-refractivity contribution in [3.05, 3.63) is 59.1 Å². The van der Waals surface area contributed by atoms with Gasteiger partial charge in [0.1, 0.15) is 17.4 Å². The lowest BCUT2D eigenvalue weighted by molar-refractivity contribution is -0.191. The monoisotopic (exact) mass is 612 g/mol. The van der Waals surface area contributed by atoms with E-state index in [1.807, 2.05) is 4.90 Å². The molecule has 0 amide bonds. The van der Waals surface area contributed by atoms with Crippen LogP contribution in [0.1, 0.15) is 39.2 Å². The van der Waals surface area contributed by atoms with Gasteiger partial charge in [0.2, 0.25) is 0 Å². The van der Waals surface area contributed by atoms with E-state index >= 15 is 0 Å². The summed E-state index contributed by atoms with van der Waals surface area (Å²) < 4.78 is 76.2. The van der Waals surface area contributed by atoms with Crippen molar-refractivity contribution in [2.24, 2.45) is 5.92 Å². The van der Waals surface area contributed by atoms with Gasteiger partial charge in [0.05, 0.1) is 17.4 Å². The maximum absolute atomic E-state index is 13.9. The molecule has 220 valence electrons. The number of sulfonamides is 1. The molecule has 1 aliphatic heterocycles. The lowest BCUT2D eigenvalue weighted by Crippen LogP contribution is -2.33. The van der Waals surface area contributed by atoms with Crippen molar-refractivity contribution in [2.45, 2.75) is 50.9 Å². The van der Waals surface area contributed by atoms with E-state index in [0.717, 1.165) is 38.1 Å². The van der Waals surface area contributed by atoms with Crippen molar-refractivity contribution in [3.8, 4) is 17.0 Å². The van der Waals surface area contributed by atoms with Gasteiger partial charge in [-0.1, -0.05) is 24.6 Å². The number of hydrogen-bond donors (Lipinski definition) is 1. The number of benzene rings is 1. The van der Waals surface area contributed by atoms with E-state index < -0.39 is 27.5 Å². The highest BCUT2D eigenvalue weighted by Crippen LogP contribution is 2.41. The molecule has 2 aromatic heterocycles. The van der Waals surface area contributed by atoms with Crippen LogP contribution in [0.15, 0.2) is 53.6 Å². The number of nitrogens with zero attached hydrogens (tertiary/aromatic N) is 3. The molecule has 0 atom stereocenters. The second kappa shape index (κ2) is 13.3. The van der Waals surface area contributed by atoms with Crippen molar-refractivity contribution in [1.82, 2.24) is 9.97 Å². The Bertz CT molecular complexity index is 1510. The van der Waals surface area contributed by atoms with Crippen LogP contribution >= 0.6 is 11.6 Å². The average Bonchev–Trinajstić information content (AvgIpc) is 2.89. The van der Waals surface area contributed by atoms with Gasteiger partial charge in [-0.05, 0) is 75.1 Å². The fourth-order valence-corrected chi connectivity index (χ4v) is 5.29. The van der Waals surface area contributed by atoms with Gasteiger partial charge < -0.3 is 9.64 Å². The molecule has 14 heteroatoms. The summed E-state index contributed by atoms with van der Waals surface area (Å²) in [6.45, 7) is 7.14. The number of halogens is 4. The summed E-state index contributed by atoms with van der Waals surface area (Å²) in [5, 5.41) is -0.0893. The summed E-state index contributed by atoms with van der Waals surface area (Å²) in [4.78, 5) is 26.6. The first kappa shape index (κ1) is 31.9. The van der Waals surface area contributed by atoms with Gasteiger partial charge in [-0.15, -0.1) is 0 Å². The zero-order valence-electron chi connectivity index (χ0n) is 22.4. The van der Waals surface area contributed by atoms with E-state index in [9.17, 15) is 21.6 Å². The predicted octanol–water partition coefficient (Wildman–Crippen LogP) is 6.06. The number of pyridine rings is 2. The van der Waals surface area contributed by atoms with Crippen LogP contribution in [0.25, 0.3) is 11.3 Å². The van der Waals surface area contributed by atoms with Gasteiger partial charge in [-0.3, -0.25) is 4.72 Å². The van der Waals surface area contributed by atoms with Crippen LogP contribution in [0.5, 0.6) is 5.75 Å². The molecule has 1 saturated heterocycles. The summed E-state index contributed by atoms with van der Waals surface area (Å²) in [6.07, 6.45) is -2.91. The van der Waals surface area contributed by atoms with Crippen LogP contribution in [0.3, 0.4) is 0 Å². The van der Waals surface area contributed by atoms with E-state index in [4.69, 9.17) is 25.9 Å². The van der Waals surface area contributed by atoms with Gasteiger partial charge in [-0.25, -0.2) is 9.97 Å². The van der Waals surface area contributed by atoms with Crippen molar-refractivity contribution < 1.29 is 35.9 Å². The van der Waals surface area contributed by atoms with E-state index in [0.29, 0.717) is 11.7 Å². The van der Waals surface area contributed by atoms with Crippen molar-refractivity contribution in [3.63, 3.8) is 0 Å². The first-order valence-electron chi connectivity index (χ1n) is 12.5. The van der Waals surface area contributed by atoms with Gasteiger partial charge >= 0.3 is 12.3 Å². The molecule has 3 heterocycles. The molecule has 0 aliphatic carbocycles. The third kappa shape index (κ3) is 8.42. The Morgan fingerprint density at radius 2 is 1.73 bits per heavy atom. The highest BCUT2D eigenvalue weighted by molar-refractivity contribution is 7.92. The number of carbonyl (C=O) groups excluding carboxylic acids is 2. The third-order valence-electron chi connectivity index (χ3n) is 6.09. The summed E-state index contributed by atoms with van der Waals surface area (Å²) in [5.74, 6) is 0.941. The number of alkyl halides is 3. The summed E-state index contributed by atoms with van der Waals surface area (Å²) in [5.41, 5.74) is -1.59. The van der Waals surface area contributed by atoms with Gasteiger partial charge in [0, 0.05) is 23.7 Å². The van der Waals surface area contributed by atoms with Crippen LogP contribution in [0.2, 0.25) is 5.02 Å². The molecular formula is C27H28ClF3N4O5S. The topological polar surface area (TPSA) is 119 Å². The normalized spacial score (nSPS) is 14.2. The Balaban J connectivity index is 0.00000147. The fourth-order valence-electron chi connectivity index (χ4n) is 4.15.